The van der Waals surface area contributed by atoms with Crippen molar-refractivity contribution in [2.45, 2.75) is 77.5 Å². The second-order valence-corrected chi connectivity index (χ2v) is 12.3. The number of ether oxygens (including phenoxy) is 1. The number of carbonyl (C=O) groups is 3. The Morgan fingerprint density at radius 1 is 1.13 bits per heavy atom. The molecule has 3 unspecified atom stereocenters. The number of amides is 3. The predicted octanol–water partition coefficient (Wildman–Crippen LogP) is 4.46. The molecule has 1 heterocycles. The molecule has 2 N–H and O–H groups in total. The highest BCUT2D eigenvalue weighted by Gasteiger charge is 2.49. The molecule has 38 heavy (non-hydrogen) atoms. The molecule has 8 heteroatoms. The zero-order valence-corrected chi connectivity index (χ0v) is 23.8. The summed E-state index contributed by atoms with van der Waals surface area (Å²) in [6.45, 7) is 9.67. The first-order chi connectivity index (χ1) is 17.9. The topological polar surface area (TPSA) is 87.7 Å². The average molecular weight is 540 g/mol. The summed E-state index contributed by atoms with van der Waals surface area (Å²) in [6, 6.07) is 10.7. The summed E-state index contributed by atoms with van der Waals surface area (Å²) in [6.07, 6.45) is 1.82. The summed E-state index contributed by atoms with van der Waals surface area (Å²) in [5.41, 5.74) is 2.37. The SMILES string of the molecule is COc1ccc(C(C(=O)NC(C)(C)C)N2C(=O)C(C3Cc4ccccc4C3)NC(=O)C2CC(C)C)cc1Cl. The van der Waals surface area contributed by atoms with E-state index in [2.05, 4.69) is 22.8 Å². The lowest BCUT2D eigenvalue weighted by Crippen LogP contribution is -2.67. The Balaban J connectivity index is 1.79. The predicted molar refractivity (Wildman–Crippen MR) is 148 cm³/mol. The van der Waals surface area contributed by atoms with Gasteiger partial charge in [0.25, 0.3) is 0 Å². The first kappa shape index (κ1) is 28.0. The van der Waals surface area contributed by atoms with Crippen molar-refractivity contribution in [3.63, 3.8) is 0 Å². The second-order valence-electron chi connectivity index (χ2n) is 11.8. The van der Waals surface area contributed by atoms with Gasteiger partial charge in [0.15, 0.2) is 0 Å². The Labute approximate surface area is 230 Å². The molecule has 0 radical (unpaired) electrons. The van der Waals surface area contributed by atoms with Crippen LogP contribution in [0.25, 0.3) is 0 Å². The number of hydrogen-bond acceptors (Lipinski definition) is 4. The van der Waals surface area contributed by atoms with E-state index in [-0.39, 0.29) is 29.6 Å². The van der Waals surface area contributed by atoms with Crippen LogP contribution < -0.4 is 15.4 Å². The first-order valence-corrected chi connectivity index (χ1v) is 13.6. The van der Waals surface area contributed by atoms with Crippen LogP contribution in [-0.4, -0.2) is 47.4 Å². The average Bonchev–Trinajstić information content (AvgIpc) is 3.26. The van der Waals surface area contributed by atoms with Gasteiger partial charge in [0, 0.05) is 5.54 Å². The monoisotopic (exact) mass is 539 g/mol. The number of rotatable bonds is 7. The lowest BCUT2D eigenvalue weighted by molar-refractivity contribution is -0.158. The third-order valence-corrected chi connectivity index (χ3v) is 7.52. The lowest BCUT2D eigenvalue weighted by atomic mass is 9.87. The van der Waals surface area contributed by atoms with E-state index in [9.17, 15) is 14.4 Å². The smallest absolute Gasteiger partial charge is 0.247 e. The van der Waals surface area contributed by atoms with Gasteiger partial charge in [0.1, 0.15) is 23.9 Å². The van der Waals surface area contributed by atoms with Crippen LogP contribution in [0.2, 0.25) is 5.02 Å². The molecule has 1 fully saturated rings. The maximum Gasteiger partial charge on any atom is 0.247 e. The molecule has 1 saturated heterocycles. The number of hydrogen-bond donors (Lipinski definition) is 2. The van der Waals surface area contributed by atoms with E-state index < -0.39 is 23.7 Å². The van der Waals surface area contributed by atoms with Crippen LogP contribution in [0.4, 0.5) is 0 Å². The largest absolute Gasteiger partial charge is 0.495 e. The Kier molecular flexibility index (Phi) is 8.07. The Morgan fingerprint density at radius 3 is 2.29 bits per heavy atom. The molecule has 1 aliphatic carbocycles. The molecule has 2 aliphatic rings. The molecular formula is C30H38ClN3O4. The molecule has 0 spiro atoms. The molecule has 4 rings (SSSR count). The number of piperazine rings is 1. The number of benzene rings is 2. The van der Waals surface area contributed by atoms with Crippen molar-refractivity contribution in [3.8, 4) is 5.75 Å². The highest BCUT2D eigenvalue weighted by molar-refractivity contribution is 6.32. The molecule has 1 aliphatic heterocycles. The van der Waals surface area contributed by atoms with Gasteiger partial charge in [0.05, 0.1) is 12.1 Å². The van der Waals surface area contributed by atoms with Gasteiger partial charge in [-0.25, -0.2) is 0 Å². The standard InChI is InChI=1S/C30H38ClN3O4/c1-17(2)13-23-27(35)32-25(21-14-18-9-7-8-10-19(18)15-21)29(37)34(23)26(28(36)33-30(3,4)5)20-11-12-24(38-6)22(31)16-20/h7-12,16-17,21,23,25-26H,13-15H2,1-6H3,(H,32,35)(H,33,36). The van der Waals surface area contributed by atoms with E-state index in [1.165, 1.54) is 23.1 Å². The number of carbonyl (C=O) groups excluding carboxylic acids is 3. The molecule has 2 aromatic rings. The molecule has 0 saturated carbocycles. The number of methoxy groups -OCH3 is 1. The van der Waals surface area contributed by atoms with Gasteiger partial charge in [-0.1, -0.05) is 55.8 Å². The van der Waals surface area contributed by atoms with E-state index >= 15 is 0 Å². The van der Waals surface area contributed by atoms with Crippen molar-refractivity contribution in [1.82, 2.24) is 15.5 Å². The fraction of sp³-hybridized carbons (Fsp3) is 0.500. The zero-order valence-electron chi connectivity index (χ0n) is 23.0. The lowest BCUT2D eigenvalue weighted by Gasteiger charge is -2.45. The van der Waals surface area contributed by atoms with Crippen LogP contribution in [0.1, 0.15) is 63.8 Å². The van der Waals surface area contributed by atoms with Crippen molar-refractivity contribution in [3.05, 3.63) is 64.2 Å². The second kappa shape index (κ2) is 11.0. The summed E-state index contributed by atoms with van der Waals surface area (Å²) in [4.78, 5) is 43.4. The summed E-state index contributed by atoms with van der Waals surface area (Å²) < 4.78 is 5.32. The number of halogens is 1. The fourth-order valence-corrected chi connectivity index (χ4v) is 5.87. The van der Waals surface area contributed by atoms with Gasteiger partial charge in [0.2, 0.25) is 17.7 Å². The quantitative estimate of drug-likeness (QED) is 0.544. The Hall–Kier alpha value is -3.06. The van der Waals surface area contributed by atoms with E-state index in [4.69, 9.17) is 16.3 Å². The van der Waals surface area contributed by atoms with Crippen molar-refractivity contribution in [2.24, 2.45) is 11.8 Å². The molecule has 204 valence electrons. The van der Waals surface area contributed by atoms with E-state index in [0.717, 1.165) is 0 Å². The molecule has 3 amide bonds. The van der Waals surface area contributed by atoms with Crippen molar-refractivity contribution in [1.29, 1.82) is 0 Å². The zero-order chi connectivity index (χ0) is 27.8. The third kappa shape index (κ3) is 5.83. The van der Waals surface area contributed by atoms with Crippen molar-refractivity contribution >= 4 is 29.3 Å². The van der Waals surface area contributed by atoms with Gasteiger partial charge in [-0.15, -0.1) is 0 Å². The molecule has 0 aromatic heterocycles. The minimum absolute atomic E-state index is 0.0860. The van der Waals surface area contributed by atoms with E-state index in [0.29, 0.717) is 35.6 Å². The summed E-state index contributed by atoms with van der Waals surface area (Å²) in [7, 11) is 1.52. The maximum atomic E-state index is 14.4. The van der Waals surface area contributed by atoms with Gasteiger partial charge < -0.3 is 20.3 Å². The maximum absolute atomic E-state index is 14.4. The summed E-state index contributed by atoms with van der Waals surface area (Å²) >= 11 is 6.48. The molecule has 2 aromatic carbocycles. The van der Waals surface area contributed by atoms with Crippen LogP contribution in [0.5, 0.6) is 5.75 Å². The molecular weight excluding hydrogens is 502 g/mol. The Morgan fingerprint density at radius 2 is 1.76 bits per heavy atom. The van der Waals surface area contributed by atoms with Crippen LogP contribution in [0, 0.1) is 11.8 Å². The number of fused-ring (bicyclic) bond motifs is 1. The van der Waals surface area contributed by atoms with Gasteiger partial charge >= 0.3 is 0 Å². The van der Waals surface area contributed by atoms with Gasteiger partial charge in [-0.05, 0) is 80.7 Å². The molecule has 0 bridgehead atoms. The van der Waals surface area contributed by atoms with Gasteiger partial charge in [-0.3, -0.25) is 14.4 Å². The molecule has 3 atom stereocenters. The van der Waals surface area contributed by atoms with E-state index in [1.54, 1.807) is 18.2 Å². The van der Waals surface area contributed by atoms with Crippen LogP contribution in [-0.2, 0) is 27.2 Å². The molecule has 7 nitrogen and oxygen atoms in total. The normalized spacial score (nSPS) is 20.8. The van der Waals surface area contributed by atoms with E-state index in [1.807, 2.05) is 46.8 Å². The highest BCUT2D eigenvalue weighted by Crippen LogP contribution is 2.37. The minimum Gasteiger partial charge on any atom is -0.495 e. The summed E-state index contributed by atoms with van der Waals surface area (Å²) in [5.74, 6) is -0.324. The van der Waals surface area contributed by atoms with Crippen molar-refractivity contribution < 1.29 is 19.1 Å². The summed E-state index contributed by atoms with van der Waals surface area (Å²) in [5, 5.41) is 6.40. The fourth-order valence-electron chi connectivity index (χ4n) is 5.60. The minimum atomic E-state index is -1.04. The van der Waals surface area contributed by atoms with Crippen LogP contribution in [0.3, 0.4) is 0 Å². The third-order valence-electron chi connectivity index (χ3n) is 7.22. The number of nitrogens with one attached hydrogen (secondary N) is 2. The Bertz CT molecular complexity index is 1200. The number of nitrogens with zero attached hydrogens (tertiary/aromatic N) is 1. The van der Waals surface area contributed by atoms with Crippen molar-refractivity contribution in [2.75, 3.05) is 7.11 Å². The van der Waals surface area contributed by atoms with Crippen LogP contribution in [0.15, 0.2) is 42.5 Å². The first-order valence-electron chi connectivity index (χ1n) is 13.2. The van der Waals surface area contributed by atoms with Crippen LogP contribution >= 0.6 is 11.6 Å². The highest BCUT2D eigenvalue weighted by atomic mass is 35.5. The van der Waals surface area contributed by atoms with Gasteiger partial charge in [-0.2, -0.15) is 0 Å².